The lowest BCUT2D eigenvalue weighted by Gasteiger charge is -2.04. The normalized spacial score (nSPS) is 14.0. The van der Waals surface area contributed by atoms with Crippen LogP contribution in [0.15, 0.2) is 30.5 Å². The number of hydrogen-bond donors (Lipinski definition) is 1. The van der Waals surface area contributed by atoms with Gasteiger partial charge in [0.25, 0.3) is 0 Å². The maximum atomic E-state index is 13.4. The molecule has 0 saturated heterocycles. The van der Waals surface area contributed by atoms with Crippen LogP contribution in [0, 0.1) is 5.82 Å². The summed E-state index contributed by atoms with van der Waals surface area (Å²) in [6, 6.07) is 6.48. The molecule has 1 aromatic carbocycles. The van der Waals surface area contributed by atoms with E-state index < -0.39 is 5.82 Å². The van der Waals surface area contributed by atoms with Gasteiger partial charge < -0.3 is 10.1 Å². The first-order valence-corrected chi connectivity index (χ1v) is 6.76. The zero-order chi connectivity index (χ0) is 14.7. The van der Waals surface area contributed by atoms with E-state index in [4.69, 9.17) is 4.74 Å². The molecule has 3 rings (SSSR count). The number of amides is 1. The highest BCUT2D eigenvalue weighted by Crippen LogP contribution is 2.18. The lowest BCUT2D eigenvalue weighted by Crippen LogP contribution is -2.29. The van der Waals surface area contributed by atoms with Crippen LogP contribution in [-0.4, -0.2) is 26.9 Å². The van der Waals surface area contributed by atoms with Crippen molar-refractivity contribution in [3.05, 3.63) is 42.0 Å². The van der Waals surface area contributed by atoms with Gasteiger partial charge in [0, 0.05) is 6.04 Å². The predicted octanol–water partition coefficient (Wildman–Crippen LogP) is 1.27. The third-order valence-electron chi connectivity index (χ3n) is 3.05. The zero-order valence-corrected chi connectivity index (χ0v) is 11.3. The second-order valence-corrected chi connectivity index (χ2v) is 4.97. The Balaban J connectivity index is 1.52. The van der Waals surface area contributed by atoms with E-state index in [9.17, 15) is 9.18 Å². The largest absolute Gasteiger partial charge is 0.484 e. The Kier molecular flexibility index (Phi) is 3.81. The molecule has 1 amide bonds. The van der Waals surface area contributed by atoms with Crippen LogP contribution in [0.2, 0.25) is 0 Å². The van der Waals surface area contributed by atoms with Crippen molar-refractivity contribution in [2.75, 3.05) is 0 Å². The van der Waals surface area contributed by atoms with Crippen molar-refractivity contribution >= 4 is 5.91 Å². The molecule has 2 aromatic rings. The Hall–Kier alpha value is -2.44. The van der Waals surface area contributed by atoms with Crippen LogP contribution in [0.5, 0.6) is 5.75 Å². The number of carbonyl (C=O) groups is 1. The van der Waals surface area contributed by atoms with Gasteiger partial charge in [-0.05, 0) is 25.0 Å². The van der Waals surface area contributed by atoms with E-state index in [1.165, 1.54) is 10.7 Å². The summed E-state index contributed by atoms with van der Waals surface area (Å²) < 4.78 is 20.1. The third-order valence-corrected chi connectivity index (χ3v) is 3.05. The molecule has 0 bridgehead atoms. The molecule has 21 heavy (non-hydrogen) atoms. The second kappa shape index (κ2) is 5.90. The van der Waals surface area contributed by atoms with Crippen LogP contribution in [0.4, 0.5) is 4.39 Å². The van der Waals surface area contributed by atoms with E-state index in [0.29, 0.717) is 11.7 Å². The van der Waals surface area contributed by atoms with Gasteiger partial charge in [-0.2, -0.15) is 0 Å². The quantitative estimate of drug-likeness (QED) is 0.870. The molecule has 7 heteroatoms. The number of para-hydroxylation sites is 1. The first kappa shape index (κ1) is 13.5. The van der Waals surface area contributed by atoms with Crippen LogP contribution >= 0.6 is 0 Å². The fraction of sp³-hybridized carbons (Fsp3) is 0.357. The molecular weight excluding hydrogens is 275 g/mol. The minimum absolute atomic E-state index is 0.0797. The van der Waals surface area contributed by atoms with Crippen molar-refractivity contribution in [2.24, 2.45) is 0 Å². The summed E-state index contributed by atoms with van der Waals surface area (Å²) >= 11 is 0. The number of carbonyl (C=O) groups excluding carboxylic acids is 1. The van der Waals surface area contributed by atoms with Gasteiger partial charge in [-0.15, -0.1) is 5.10 Å². The lowest BCUT2D eigenvalue weighted by atomic mass is 10.3. The summed E-state index contributed by atoms with van der Waals surface area (Å²) in [7, 11) is 0. The van der Waals surface area contributed by atoms with Crippen LogP contribution in [0.1, 0.15) is 18.5 Å². The summed E-state index contributed by atoms with van der Waals surface area (Å²) in [5.41, 5.74) is 0.539. The Bertz CT molecular complexity index is 639. The Morgan fingerprint density at radius 1 is 1.43 bits per heavy atom. The molecule has 6 nitrogen and oxygen atoms in total. The molecule has 0 spiro atoms. The minimum Gasteiger partial charge on any atom is -0.484 e. The molecule has 1 saturated carbocycles. The molecule has 1 fully saturated rings. The summed E-state index contributed by atoms with van der Waals surface area (Å²) in [5, 5.41) is 10.6. The topological polar surface area (TPSA) is 69.0 Å². The van der Waals surface area contributed by atoms with Crippen molar-refractivity contribution in [1.29, 1.82) is 0 Å². The van der Waals surface area contributed by atoms with Gasteiger partial charge >= 0.3 is 0 Å². The molecule has 1 aliphatic rings. The van der Waals surface area contributed by atoms with Gasteiger partial charge in [-0.3, -0.25) is 4.79 Å². The fourth-order valence-corrected chi connectivity index (χ4v) is 1.84. The van der Waals surface area contributed by atoms with Gasteiger partial charge in [-0.1, -0.05) is 17.3 Å². The van der Waals surface area contributed by atoms with E-state index in [1.54, 1.807) is 24.4 Å². The van der Waals surface area contributed by atoms with E-state index in [0.717, 1.165) is 12.8 Å². The van der Waals surface area contributed by atoms with Crippen molar-refractivity contribution in [3.8, 4) is 5.75 Å². The van der Waals surface area contributed by atoms with E-state index in [2.05, 4.69) is 15.6 Å². The first-order valence-electron chi connectivity index (χ1n) is 6.76. The lowest BCUT2D eigenvalue weighted by molar-refractivity contribution is -0.122. The van der Waals surface area contributed by atoms with E-state index in [1.807, 2.05) is 0 Å². The highest BCUT2D eigenvalue weighted by atomic mass is 19.1. The zero-order valence-electron chi connectivity index (χ0n) is 11.3. The number of nitrogens with zero attached hydrogens (tertiary/aromatic N) is 3. The maximum Gasteiger partial charge on any atom is 0.242 e. The molecule has 1 heterocycles. The van der Waals surface area contributed by atoms with Gasteiger partial charge in [0.15, 0.2) is 11.6 Å². The van der Waals surface area contributed by atoms with E-state index >= 15 is 0 Å². The number of aromatic nitrogens is 3. The molecule has 1 N–H and O–H groups in total. The third kappa shape index (κ3) is 3.77. The molecule has 0 radical (unpaired) electrons. The maximum absolute atomic E-state index is 13.4. The highest BCUT2D eigenvalue weighted by Gasteiger charge is 2.23. The average Bonchev–Trinajstić information content (AvgIpc) is 3.16. The molecule has 110 valence electrons. The Morgan fingerprint density at radius 3 is 3.00 bits per heavy atom. The summed E-state index contributed by atoms with van der Waals surface area (Å²) in [6.07, 6.45) is 3.71. The van der Waals surface area contributed by atoms with Crippen LogP contribution < -0.4 is 10.1 Å². The summed E-state index contributed by atoms with van der Waals surface area (Å²) in [5.74, 6) is -0.337. The molecular formula is C14H15FN4O2. The number of ether oxygens (including phenoxy) is 1. The van der Waals surface area contributed by atoms with Crippen LogP contribution in [0.25, 0.3) is 0 Å². The molecule has 1 aromatic heterocycles. The van der Waals surface area contributed by atoms with Crippen LogP contribution in [-0.2, 0) is 17.9 Å². The van der Waals surface area contributed by atoms with Crippen molar-refractivity contribution in [2.45, 2.75) is 32.0 Å². The number of hydrogen-bond acceptors (Lipinski definition) is 4. The predicted molar refractivity (Wildman–Crippen MR) is 71.9 cm³/mol. The molecule has 0 unspecified atom stereocenters. The van der Waals surface area contributed by atoms with Gasteiger partial charge in [-0.25, -0.2) is 9.07 Å². The van der Waals surface area contributed by atoms with Gasteiger partial charge in [0.05, 0.1) is 6.20 Å². The molecule has 0 atom stereocenters. The van der Waals surface area contributed by atoms with Crippen LogP contribution in [0.3, 0.4) is 0 Å². The Morgan fingerprint density at radius 2 is 2.24 bits per heavy atom. The van der Waals surface area contributed by atoms with Crippen molar-refractivity contribution in [3.63, 3.8) is 0 Å². The average molecular weight is 290 g/mol. The van der Waals surface area contributed by atoms with Crippen molar-refractivity contribution < 1.29 is 13.9 Å². The summed E-state index contributed by atoms with van der Waals surface area (Å²) in [4.78, 5) is 11.6. The van der Waals surface area contributed by atoms with Gasteiger partial charge in [0.2, 0.25) is 5.91 Å². The van der Waals surface area contributed by atoms with Gasteiger partial charge in [0.1, 0.15) is 18.8 Å². The summed E-state index contributed by atoms with van der Waals surface area (Å²) in [6.45, 7) is 0.231. The monoisotopic (exact) mass is 290 g/mol. The standard InChI is InChI=1S/C14H15FN4O2/c15-12-3-1-2-4-13(12)21-9-11-7-19(18-17-11)8-14(20)16-10-5-6-10/h1-4,7,10H,5-6,8-9H2,(H,16,20). The van der Waals surface area contributed by atoms with Crippen molar-refractivity contribution in [1.82, 2.24) is 20.3 Å². The number of nitrogens with one attached hydrogen (secondary N) is 1. The number of benzene rings is 1. The molecule has 0 aliphatic heterocycles. The number of halogens is 1. The fourth-order valence-electron chi connectivity index (χ4n) is 1.84. The smallest absolute Gasteiger partial charge is 0.242 e. The molecule has 1 aliphatic carbocycles. The minimum atomic E-state index is -0.422. The SMILES string of the molecule is O=C(Cn1cc(COc2ccccc2F)nn1)NC1CC1. The second-order valence-electron chi connectivity index (χ2n) is 4.97. The first-order chi connectivity index (χ1) is 10.2. The number of rotatable bonds is 6. The Labute approximate surface area is 120 Å². The highest BCUT2D eigenvalue weighted by molar-refractivity contribution is 5.76. The van der Waals surface area contributed by atoms with E-state index in [-0.39, 0.29) is 24.8 Å².